The average Bonchev–Trinajstić information content (AvgIpc) is 2.48. The van der Waals surface area contributed by atoms with Crippen LogP contribution in [-0.2, 0) is 0 Å². The lowest BCUT2D eigenvalue weighted by Gasteiger charge is -2.10. The fourth-order valence-corrected chi connectivity index (χ4v) is 2.07. The number of rotatable bonds is 5. The molecule has 0 atom stereocenters. The van der Waals surface area contributed by atoms with E-state index in [4.69, 9.17) is 17.3 Å². The molecule has 2 rings (SSSR count). The fourth-order valence-electron chi connectivity index (χ4n) is 1.61. The van der Waals surface area contributed by atoms with Crippen molar-refractivity contribution in [2.24, 2.45) is 0 Å². The Bertz CT molecular complexity index is 588. The molecule has 2 radical (unpaired) electrons. The number of thioether (sulfide) groups is 1. The molecule has 5 nitrogen and oxygen atoms in total. The molecule has 0 unspecified atom stereocenters. The number of methoxy groups -OCH3 is 2. The highest BCUT2D eigenvalue weighted by atomic mass is 32.2. The summed E-state index contributed by atoms with van der Waals surface area (Å²) in [5.74, 6) is 1.85. The lowest BCUT2D eigenvalue weighted by atomic mass is 10.0. The van der Waals surface area contributed by atoms with E-state index in [1.807, 2.05) is 18.4 Å². The minimum Gasteiger partial charge on any atom is -0.497 e. The molecule has 0 saturated heterocycles. The van der Waals surface area contributed by atoms with Crippen LogP contribution in [0.3, 0.4) is 0 Å². The highest BCUT2D eigenvalue weighted by Crippen LogP contribution is 2.27. The lowest BCUT2D eigenvalue weighted by Crippen LogP contribution is -2.11. The summed E-state index contributed by atoms with van der Waals surface area (Å²) in [5, 5.41) is 3.84. The topological polar surface area (TPSA) is 56.3 Å². The van der Waals surface area contributed by atoms with Gasteiger partial charge in [-0.05, 0) is 11.7 Å². The molecule has 0 bridgehead atoms. The van der Waals surface area contributed by atoms with Crippen molar-refractivity contribution in [3.8, 4) is 11.5 Å². The highest BCUT2D eigenvalue weighted by molar-refractivity contribution is 7.98. The zero-order chi connectivity index (χ0) is 14.5. The van der Waals surface area contributed by atoms with Gasteiger partial charge in [-0.1, -0.05) is 0 Å². The van der Waals surface area contributed by atoms with E-state index in [1.165, 1.54) is 11.8 Å². The molecule has 0 spiro atoms. The zero-order valence-electron chi connectivity index (χ0n) is 11.5. The van der Waals surface area contributed by atoms with Crippen LogP contribution in [0.5, 0.6) is 11.5 Å². The molecule has 1 aromatic heterocycles. The van der Waals surface area contributed by atoms with Gasteiger partial charge in [0.15, 0.2) is 0 Å². The van der Waals surface area contributed by atoms with Crippen molar-refractivity contribution in [3.05, 3.63) is 24.4 Å². The van der Waals surface area contributed by atoms with Crippen molar-refractivity contribution in [1.29, 1.82) is 0 Å². The molecule has 20 heavy (non-hydrogen) atoms. The van der Waals surface area contributed by atoms with Crippen molar-refractivity contribution >= 4 is 36.7 Å². The number of hydrogen-bond donors (Lipinski definition) is 1. The molecule has 1 aromatic carbocycles. The van der Waals surface area contributed by atoms with Gasteiger partial charge < -0.3 is 14.8 Å². The summed E-state index contributed by atoms with van der Waals surface area (Å²) in [6, 6.07) is 5.46. The highest BCUT2D eigenvalue weighted by Gasteiger charge is 2.06. The van der Waals surface area contributed by atoms with E-state index in [0.717, 1.165) is 10.7 Å². The molecule has 2 aromatic rings. The fraction of sp³-hybridized carbons (Fsp3) is 0.231. The third kappa shape index (κ3) is 3.36. The SMILES string of the molecule is [B]c1cnc(Nc2cc(OC)cc(OC)c2)nc1SC. The average molecular weight is 287 g/mol. The maximum absolute atomic E-state index is 5.77. The van der Waals surface area contributed by atoms with E-state index in [2.05, 4.69) is 15.3 Å². The van der Waals surface area contributed by atoms with E-state index < -0.39 is 0 Å². The maximum Gasteiger partial charge on any atom is 0.228 e. The third-order valence-electron chi connectivity index (χ3n) is 2.58. The summed E-state index contributed by atoms with van der Waals surface area (Å²) in [6.45, 7) is 0. The second-order valence-corrected chi connectivity index (χ2v) is 4.68. The van der Waals surface area contributed by atoms with Crippen LogP contribution in [0.15, 0.2) is 29.4 Å². The summed E-state index contributed by atoms with van der Waals surface area (Å²) < 4.78 is 10.4. The van der Waals surface area contributed by atoms with Crippen LogP contribution >= 0.6 is 11.8 Å². The Hall–Kier alpha value is -1.89. The first-order valence-electron chi connectivity index (χ1n) is 5.83. The van der Waals surface area contributed by atoms with Crippen LogP contribution in [0.4, 0.5) is 11.6 Å². The number of ether oxygens (including phenoxy) is 2. The number of benzene rings is 1. The van der Waals surface area contributed by atoms with Crippen LogP contribution in [0, 0.1) is 0 Å². The van der Waals surface area contributed by atoms with E-state index in [1.54, 1.807) is 26.5 Å². The van der Waals surface area contributed by atoms with Gasteiger partial charge >= 0.3 is 0 Å². The van der Waals surface area contributed by atoms with E-state index >= 15 is 0 Å². The first-order valence-corrected chi connectivity index (χ1v) is 7.05. The molecular weight excluding hydrogens is 273 g/mol. The van der Waals surface area contributed by atoms with E-state index in [-0.39, 0.29) is 0 Å². The van der Waals surface area contributed by atoms with Crippen molar-refractivity contribution in [2.75, 3.05) is 25.8 Å². The monoisotopic (exact) mass is 287 g/mol. The summed E-state index contributed by atoms with van der Waals surface area (Å²) in [6.07, 6.45) is 3.50. The third-order valence-corrected chi connectivity index (χ3v) is 3.29. The number of nitrogens with one attached hydrogen (secondary N) is 1. The summed E-state index contributed by atoms with van der Waals surface area (Å²) in [4.78, 5) is 8.48. The molecular formula is C13H14BN3O2S. The molecule has 0 aliphatic heterocycles. The summed E-state index contributed by atoms with van der Waals surface area (Å²) >= 11 is 1.47. The maximum atomic E-state index is 5.77. The Morgan fingerprint density at radius 1 is 1.15 bits per heavy atom. The van der Waals surface area contributed by atoms with Gasteiger partial charge in [0.25, 0.3) is 0 Å². The smallest absolute Gasteiger partial charge is 0.228 e. The van der Waals surface area contributed by atoms with Gasteiger partial charge in [0.1, 0.15) is 19.3 Å². The zero-order valence-corrected chi connectivity index (χ0v) is 12.3. The predicted octanol–water partition coefficient (Wildman–Crippen LogP) is 1.75. The Morgan fingerprint density at radius 2 is 1.80 bits per heavy atom. The van der Waals surface area contributed by atoms with Crippen LogP contribution in [0.2, 0.25) is 0 Å². The van der Waals surface area contributed by atoms with E-state index in [0.29, 0.717) is 22.9 Å². The molecule has 0 aliphatic rings. The first kappa shape index (κ1) is 14.5. The number of nitrogens with zero attached hydrogens (tertiary/aromatic N) is 2. The van der Waals surface area contributed by atoms with Crippen LogP contribution < -0.4 is 20.3 Å². The molecule has 0 amide bonds. The molecule has 0 saturated carbocycles. The van der Waals surface area contributed by atoms with Crippen molar-refractivity contribution in [1.82, 2.24) is 9.97 Å². The summed E-state index contributed by atoms with van der Waals surface area (Å²) in [5.41, 5.74) is 1.34. The van der Waals surface area contributed by atoms with Gasteiger partial charge in [-0.25, -0.2) is 9.97 Å². The Morgan fingerprint density at radius 3 is 2.35 bits per heavy atom. The van der Waals surface area contributed by atoms with Gasteiger partial charge in [0, 0.05) is 30.1 Å². The first-order chi connectivity index (χ1) is 9.66. The van der Waals surface area contributed by atoms with Gasteiger partial charge in [-0.15, -0.1) is 11.8 Å². The van der Waals surface area contributed by atoms with Gasteiger partial charge in [0.2, 0.25) is 5.95 Å². The Labute approximate surface area is 123 Å². The van der Waals surface area contributed by atoms with Gasteiger partial charge in [-0.2, -0.15) is 0 Å². The number of aromatic nitrogens is 2. The number of anilines is 2. The minimum atomic E-state index is 0.471. The van der Waals surface area contributed by atoms with Crippen LogP contribution in [0.25, 0.3) is 0 Å². The standard InChI is InChI=1S/C13H14BN3O2S/c1-18-9-4-8(5-10(6-9)19-2)16-13-15-7-11(14)12(17-13)20-3/h4-7H,1-3H3,(H,15,16,17). The Kier molecular flexibility index (Phi) is 4.73. The number of hydrogen-bond acceptors (Lipinski definition) is 6. The predicted molar refractivity (Wildman–Crippen MR) is 82.0 cm³/mol. The van der Waals surface area contributed by atoms with Crippen molar-refractivity contribution in [3.63, 3.8) is 0 Å². The molecule has 7 heteroatoms. The second kappa shape index (κ2) is 6.52. The quantitative estimate of drug-likeness (QED) is 0.513. The lowest BCUT2D eigenvalue weighted by molar-refractivity contribution is 0.395. The van der Waals surface area contributed by atoms with E-state index in [9.17, 15) is 0 Å². The normalized spacial score (nSPS) is 10.2. The minimum absolute atomic E-state index is 0.471. The van der Waals surface area contributed by atoms with Gasteiger partial charge in [-0.3, -0.25) is 0 Å². The van der Waals surface area contributed by atoms with Crippen molar-refractivity contribution in [2.45, 2.75) is 5.03 Å². The molecule has 0 fully saturated rings. The largest absolute Gasteiger partial charge is 0.497 e. The molecule has 1 heterocycles. The molecule has 1 N–H and O–H groups in total. The van der Waals surface area contributed by atoms with Crippen LogP contribution in [0.1, 0.15) is 0 Å². The second-order valence-electron chi connectivity index (χ2n) is 3.88. The van der Waals surface area contributed by atoms with Gasteiger partial charge in [0.05, 0.1) is 19.2 Å². The molecule has 0 aliphatic carbocycles. The van der Waals surface area contributed by atoms with Crippen LogP contribution in [-0.4, -0.2) is 38.3 Å². The molecule has 102 valence electrons. The Balaban J connectivity index is 2.29. The summed E-state index contributed by atoms with van der Waals surface area (Å²) in [7, 11) is 8.97. The van der Waals surface area contributed by atoms with Crippen molar-refractivity contribution < 1.29 is 9.47 Å².